The summed E-state index contributed by atoms with van der Waals surface area (Å²) in [7, 11) is -3.65. The first-order valence-electron chi connectivity index (χ1n) is 8.82. The van der Waals surface area contributed by atoms with Gasteiger partial charge in [-0.1, -0.05) is 18.2 Å². The Morgan fingerprint density at radius 3 is 2.46 bits per heavy atom. The van der Waals surface area contributed by atoms with Crippen LogP contribution in [-0.2, 0) is 21.2 Å². The zero-order chi connectivity index (χ0) is 20.1. The molecule has 146 valence electrons. The topological polar surface area (TPSA) is 88.4 Å². The largest absolute Gasteiger partial charge is 0.467 e. The molecule has 0 radical (unpaired) electrons. The Bertz CT molecular complexity index is 1060. The fourth-order valence-electron chi connectivity index (χ4n) is 2.85. The monoisotopic (exact) mass is 398 g/mol. The summed E-state index contributed by atoms with van der Waals surface area (Å²) < 4.78 is 31.2. The van der Waals surface area contributed by atoms with Gasteiger partial charge in [-0.2, -0.15) is 0 Å². The molecule has 2 aromatic carbocycles. The van der Waals surface area contributed by atoms with Crippen molar-refractivity contribution in [2.75, 3.05) is 11.9 Å². The molecule has 0 fully saturated rings. The predicted octanol–water partition coefficient (Wildman–Crippen LogP) is 3.46. The molecule has 28 heavy (non-hydrogen) atoms. The Morgan fingerprint density at radius 2 is 1.79 bits per heavy atom. The molecule has 0 spiro atoms. The molecular formula is C21H22N2O4S. The maximum atomic E-state index is 13.0. The summed E-state index contributed by atoms with van der Waals surface area (Å²) in [4.78, 5) is 12.6. The van der Waals surface area contributed by atoms with Crippen molar-refractivity contribution in [2.45, 2.75) is 30.2 Å². The van der Waals surface area contributed by atoms with Crippen LogP contribution in [0.4, 0.5) is 5.69 Å². The van der Waals surface area contributed by atoms with Crippen LogP contribution in [0.5, 0.6) is 0 Å². The molecule has 6 nitrogen and oxygen atoms in total. The van der Waals surface area contributed by atoms with Gasteiger partial charge in [0.05, 0.1) is 29.1 Å². The highest BCUT2D eigenvalue weighted by molar-refractivity contribution is 7.91. The summed E-state index contributed by atoms with van der Waals surface area (Å²) in [6.45, 7) is 3.88. The summed E-state index contributed by atoms with van der Waals surface area (Å²) in [5.74, 6) is 0.445. The number of anilines is 1. The van der Waals surface area contributed by atoms with Gasteiger partial charge in [0.2, 0.25) is 15.7 Å². The van der Waals surface area contributed by atoms with Crippen LogP contribution in [0.2, 0.25) is 0 Å². The van der Waals surface area contributed by atoms with Crippen LogP contribution >= 0.6 is 0 Å². The van der Waals surface area contributed by atoms with E-state index in [1.165, 1.54) is 0 Å². The number of furan rings is 1. The van der Waals surface area contributed by atoms with Crippen LogP contribution in [0.15, 0.2) is 75.1 Å². The molecule has 3 rings (SSSR count). The van der Waals surface area contributed by atoms with Crippen LogP contribution in [0.3, 0.4) is 0 Å². The predicted molar refractivity (Wildman–Crippen MR) is 107 cm³/mol. The molecule has 2 N–H and O–H groups in total. The van der Waals surface area contributed by atoms with Gasteiger partial charge in [0.25, 0.3) is 0 Å². The Kier molecular flexibility index (Phi) is 5.84. The summed E-state index contributed by atoms with van der Waals surface area (Å²) in [6, 6.07) is 15.3. The molecule has 0 unspecified atom stereocenters. The Balaban J connectivity index is 1.77. The van der Waals surface area contributed by atoms with Crippen molar-refractivity contribution in [1.82, 2.24) is 5.32 Å². The van der Waals surface area contributed by atoms with Crippen LogP contribution in [0.1, 0.15) is 16.9 Å². The highest BCUT2D eigenvalue weighted by Crippen LogP contribution is 2.29. The number of nitrogens with one attached hydrogen (secondary N) is 2. The van der Waals surface area contributed by atoms with Gasteiger partial charge in [0.15, 0.2) is 0 Å². The quantitative estimate of drug-likeness (QED) is 0.636. The SMILES string of the molecule is Cc1cc(NCC(=O)NCc2ccco2)c(C)c(S(=O)(=O)c2ccccc2)c1. The maximum absolute atomic E-state index is 13.0. The second kappa shape index (κ2) is 8.31. The lowest BCUT2D eigenvalue weighted by molar-refractivity contribution is -0.119. The van der Waals surface area contributed by atoms with Gasteiger partial charge in [-0.25, -0.2) is 8.42 Å². The third kappa shape index (κ3) is 4.43. The van der Waals surface area contributed by atoms with E-state index in [4.69, 9.17) is 4.42 Å². The van der Waals surface area contributed by atoms with E-state index in [-0.39, 0.29) is 22.2 Å². The minimum Gasteiger partial charge on any atom is -0.467 e. The van der Waals surface area contributed by atoms with E-state index in [9.17, 15) is 13.2 Å². The van der Waals surface area contributed by atoms with Crippen molar-refractivity contribution in [3.63, 3.8) is 0 Å². The molecule has 1 aromatic heterocycles. The number of rotatable bonds is 7. The Labute approximate surface area is 164 Å². The lowest BCUT2D eigenvalue weighted by Gasteiger charge is -2.15. The number of benzene rings is 2. The zero-order valence-electron chi connectivity index (χ0n) is 15.7. The highest BCUT2D eigenvalue weighted by Gasteiger charge is 2.22. The molecule has 0 aliphatic carbocycles. The Hall–Kier alpha value is -3.06. The molecule has 1 heterocycles. The third-order valence-corrected chi connectivity index (χ3v) is 6.22. The third-order valence-electron chi connectivity index (χ3n) is 4.33. The zero-order valence-corrected chi connectivity index (χ0v) is 16.5. The van der Waals surface area contributed by atoms with Crippen molar-refractivity contribution in [1.29, 1.82) is 0 Å². The second-order valence-electron chi connectivity index (χ2n) is 6.46. The van der Waals surface area contributed by atoms with Crippen LogP contribution in [0, 0.1) is 13.8 Å². The number of sulfone groups is 1. The molecule has 7 heteroatoms. The van der Waals surface area contributed by atoms with E-state index in [1.807, 2.05) is 13.0 Å². The lowest BCUT2D eigenvalue weighted by atomic mass is 10.1. The van der Waals surface area contributed by atoms with Gasteiger partial charge in [0, 0.05) is 5.69 Å². The summed E-state index contributed by atoms with van der Waals surface area (Å²) in [6.07, 6.45) is 1.55. The number of amides is 1. The maximum Gasteiger partial charge on any atom is 0.239 e. The van der Waals surface area contributed by atoms with Gasteiger partial charge >= 0.3 is 0 Å². The highest BCUT2D eigenvalue weighted by atomic mass is 32.2. The van der Waals surface area contributed by atoms with E-state index in [2.05, 4.69) is 10.6 Å². The number of carbonyl (C=O) groups excluding carboxylic acids is 1. The molecule has 1 amide bonds. The Morgan fingerprint density at radius 1 is 1.04 bits per heavy atom. The van der Waals surface area contributed by atoms with Crippen molar-refractivity contribution in [3.05, 3.63) is 77.7 Å². The molecule has 0 atom stereocenters. The molecule has 0 saturated heterocycles. The second-order valence-corrected chi connectivity index (χ2v) is 8.38. The smallest absolute Gasteiger partial charge is 0.239 e. The molecule has 0 bridgehead atoms. The summed E-state index contributed by atoms with van der Waals surface area (Å²) in [5.41, 5.74) is 1.98. The first kappa shape index (κ1) is 19.7. The van der Waals surface area contributed by atoms with Gasteiger partial charge in [-0.15, -0.1) is 0 Å². The summed E-state index contributed by atoms with van der Waals surface area (Å²) in [5, 5.41) is 5.79. The summed E-state index contributed by atoms with van der Waals surface area (Å²) >= 11 is 0. The average Bonchev–Trinajstić information content (AvgIpc) is 3.21. The van der Waals surface area contributed by atoms with E-state index < -0.39 is 9.84 Å². The van der Waals surface area contributed by atoms with Crippen molar-refractivity contribution >= 4 is 21.4 Å². The van der Waals surface area contributed by atoms with Crippen molar-refractivity contribution < 1.29 is 17.6 Å². The van der Waals surface area contributed by atoms with Gasteiger partial charge in [0.1, 0.15) is 5.76 Å². The molecule has 3 aromatic rings. The van der Waals surface area contributed by atoms with Gasteiger partial charge < -0.3 is 15.1 Å². The number of aryl methyl sites for hydroxylation is 1. The van der Waals surface area contributed by atoms with Crippen molar-refractivity contribution in [2.24, 2.45) is 0 Å². The standard InChI is InChI=1S/C21H22N2O4S/c1-15-11-19(22-14-21(24)23-13-17-7-6-10-27-17)16(2)20(12-15)28(25,26)18-8-4-3-5-9-18/h3-12,22H,13-14H2,1-2H3,(H,23,24). The minimum atomic E-state index is -3.65. The lowest BCUT2D eigenvalue weighted by Crippen LogP contribution is -2.29. The number of carbonyl (C=O) groups is 1. The fraction of sp³-hybridized carbons (Fsp3) is 0.190. The van der Waals surface area contributed by atoms with E-state index in [0.29, 0.717) is 23.6 Å². The van der Waals surface area contributed by atoms with Gasteiger partial charge in [-0.3, -0.25) is 4.79 Å². The van der Waals surface area contributed by atoms with Crippen LogP contribution in [0.25, 0.3) is 0 Å². The normalized spacial score (nSPS) is 11.2. The van der Waals surface area contributed by atoms with Gasteiger partial charge in [-0.05, 0) is 61.4 Å². The van der Waals surface area contributed by atoms with E-state index in [0.717, 1.165) is 5.56 Å². The molecule has 0 aliphatic rings. The number of hydrogen-bond acceptors (Lipinski definition) is 5. The minimum absolute atomic E-state index is 0.0236. The molecular weight excluding hydrogens is 376 g/mol. The van der Waals surface area contributed by atoms with E-state index >= 15 is 0 Å². The number of hydrogen-bond donors (Lipinski definition) is 2. The molecule has 0 saturated carbocycles. The van der Waals surface area contributed by atoms with Crippen LogP contribution < -0.4 is 10.6 Å². The molecule has 0 aliphatic heterocycles. The fourth-order valence-corrected chi connectivity index (χ4v) is 4.48. The van der Waals surface area contributed by atoms with Crippen molar-refractivity contribution in [3.8, 4) is 0 Å². The van der Waals surface area contributed by atoms with E-state index in [1.54, 1.807) is 61.7 Å². The first-order chi connectivity index (χ1) is 13.4. The van der Waals surface area contributed by atoms with Crippen LogP contribution in [-0.4, -0.2) is 20.9 Å². The average molecular weight is 398 g/mol. The first-order valence-corrected chi connectivity index (χ1v) is 10.3.